The smallest absolute Gasteiger partial charge is 0.410 e. The van der Waals surface area contributed by atoms with Crippen LogP contribution >= 0.6 is 0 Å². The van der Waals surface area contributed by atoms with Crippen LogP contribution in [0, 0.1) is 5.41 Å². The Morgan fingerprint density at radius 3 is 2.34 bits per heavy atom. The average Bonchev–Trinajstić information content (AvgIpc) is 3.36. The van der Waals surface area contributed by atoms with Crippen LogP contribution in [-0.4, -0.2) is 79.5 Å². The SMILES string of the molecule is CN(CCN(C)C(=O)OC(C)(C)C)Cc1cn([C@H]2CCCCO2)nc1[C@H]1CC[C@@H](O[Si](C)(C)C(C)(C)C)C2(CCCCC2)C1. The number of nitrogens with zero attached hydrogens (tertiary/aromatic N) is 4. The van der Waals surface area contributed by atoms with Gasteiger partial charge in [-0.1, -0.05) is 40.0 Å². The van der Waals surface area contributed by atoms with Gasteiger partial charge in [0.25, 0.3) is 0 Å². The quantitative estimate of drug-likeness (QED) is 0.254. The molecule has 2 aliphatic carbocycles. The highest BCUT2D eigenvalue weighted by molar-refractivity contribution is 6.74. The Bertz CT molecular complexity index is 1080. The molecular formula is C35H64N4O4Si. The predicted octanol–water partition coefficient (Wildman–Crippen LogP) is 8.49. The molecule has 8 nitrogen and oxygen atoms in total. The van der Waals surface area contributed by atoms with Crippen LogP contribution in [0.5, 0.6) is 0 Å². The van der Waals surface area contributed by atoms with Crippen LogP contribution in [0.15, 0.2) is 6.20 Å². The first-order valence-corrected chi connectivity index (χ1v) is 20.4. The topological polar surface area (TPSA) is 69.1 Å². The first kappa shape index (κ1) is 35.4. The van der Waals surface area contributed by atoms with Crippen LogP contribution in [0.4, 0.5) is 4.79 Å². The van der Waals surface area contributed by atoms with Crippen molar-refractivity contribution >= 4 is 14.4 Å². The van der Waals surface area contributed by atoms with Crippen LogP contribution in [0.1, 0.15) is 136 Å². The Morgan fingerprint density at radius 1 is 1.02 bits per heavy atom. The Morgan fingerprint density at radius 2 is 1.73 bits per heavy atom. The minimum absolute atomic E-state index is 0.0294. The lowest BCUT2D eigenvalue weighted by atomic mass is 9.60. The molecule has 0 N–H and O–H groups in total. The molecule has 0 radical (unpaired) electrons. The molecule has 9 heteroatoms. The molecule has 44 heavy (non-hydrogen) atoms. The highest BCUT2D eigenvalue weighted by atomic mass is 28.4. The van der Waals surface area contributed by atoms with E-state index in [0.717, 1.165) is 45.4 Å². The number of hydrogen-bond acceptors (Lipinski definition) is 6. The Labute approximate surface area is 269 Å². The molecule has 252 valence electrons. The molecule has 3 aliphatic rings. The third-order valence-electron chi connectivity index (χ3n) is 10.8. The van der Waals surface area contributed by atoms with E-state index in [0.29, 0.717) is 18.6 Å². The number of rotatable bonds is 9. The van der Waals surface area contributed by atoms with Crippen LogP contribution in [0.2, 0.25) is 18.1 Å². The summed E-state index contributed by atoms with van der Waals surface area (Å²) in [6.07, 6.45) is 15.7. The van der Waals surface area contributed by atoms with Crippen molar-refractivity contribution in [2.24, 2.45) is 5.41 Å². The fourth-order valence-electron chi connectivity index (χ4n) is 7.23. The molecule has 2 heterocycles. The second kappa shape index (κ2) is 14.1. The molecule has 2 saturated carbocycles. The van der Waals surface area contributed by atoms with E-state index in [1.807, 2.05) is 27.8 Å². The maximum absolute atomic E-state index is 12.5. The van der Waals surface area contributed by atoms with E-state index in [4.69, 9.17) is 19.0 Å². The van der Waals surface area contributed by atoms with Gasteiger partial charge in [-0.05, 0) is 103 Å². The standard InChI is InChI=1S/C35H64N4O4Si/c1-33(2,3)42-32(40)38(8)22-21-37(7)25-28-26-39(30-16-12-15-23-41-30)36-31(28)27-17-18-29(43-44(9,10)34(4,5)6)35(24-27)19-13-11-14-20-35/h26-27,29-30H,11-25H2,1-10H3/t27-,29+,30+/m0/s1. The molecular weight excluding hydrogens is 568 g/mol. The summed E-state index contributed by atoms with van der Waals surface area (Å²) in [7, 11) is 2.09. The molecule has 1 amide bonds. The van der Waals surface area contributed by atoms with Crippen LogP contribution < -0.4 is 0 Å². The van der Waals surface area contributed by atoms with Crippen molar-refractivity contribution in [1.82, 2.24) is 19.6 Å². The second-order valence-corrected chi connectivity index (χ2v) is 21.5. The van der Waals surface area contributed by atoms with Gasteiger partial charge in [-0.25, -0.2) is 9.48 Å². The Balaban J connectivity index is 1.53. The summed E-state index contributed by atoms with van der Waals surface area (Å²) in [6.45, 7) is 20.7. The lowest BCUT2D eigenvalue weighted by molar-refractivity contribution is -0.0420. The number of ether oxygens (including phenoxy) is 2. The van der Waals surface area contributed by atoms with Crippen LogP contribution in [-0.2, 0) is 20.4 Å². The lowest BCUT2D eigenvalue weighted by Gasteiger charge is -2.52. The van der Waals surface area contributed by atoms with Gasteiger partial charge in [0, 0.05) is 51.0 Å². The van der Waals surface area contributed by atoms with Gasteiger partial charge in [0.15, 0.2) is 8.32 Å². The van der Waals surface area contributed by atoms with Crippen molar-refractivity contribution in [1.29, 1.82) is 0 Å². The van der Waals surface area contributed by atoms with Gasteiger partial charge in [-0.2, -0.15) is 5.10 Å². The number of carbonyl (C=O) groups excluding carboxylic acids is 1. The van der Waals surface area contributed by atoms with Crippen molar-refractivity contribution in [3.8, 4) is 0 Å². The molecule has 1 aliphatic heterocycles. The zero-order valence-electron chi connectivity index (χ0n) is 29.8. The zero-order valence-corrected chi connectivity index (χ0v) is 30.8. The van der Waals surface area contributed by atoms with Gasteiger partial charge in [0.2, 0.25) is 0 Å². The minimum Gasteiger partial charge on any atom is -0.444 e. The van der Waals surface area contributed by atoms with Crippen molar-refractivity contribution in [3.05, 3.63) is 17.5 Å². The third-order valence-corrected chi connectivity index (χ3v) is 15.3. The maximum atomic E-state index is 12.5. The van der Waals surface area contributed by atoms with Gasteiger partial charge in [0.1, 0.15) is 11.8 Å². The van der Waals surface area contributed by atoms with Gasteiger partial charge in [-0.3, -0.25) is 0 Å². The average molecular weight is 633 g/mol. The molecule has 0 aromatic carbocycles. The van der Waals surface area contributed by atoms with Crippen molar-refractivity contribution in [3.63, 3.8) is 0 Å². The summed E-state index contributed by atoms with van der Waals surface area (Å²) < 4.78 is 21.2. The summed E-state index contributed by atoms with van der Waals surface area (Å²) in [6, 6.07) is 0. The molecule has 0 bridgehead atoms. The van der Waals surface area contributed by atoms with E-state index in [1.54, 1.807) is 4.90 Å². The number of aromatic nitrogens is 2. The normalized spacial score (nSPS) is 24.9. The van der Waals surface area contributed by atoms with E-state index < -0.39 is 13.9 Å². The molecule has 0 unspecified atom stereocenters. The fraction of sp³-hybridized carbons (Fsp3) is 0.886. The van der Waals surface area contributed by atoms with Gasteiger partial charge >= 0.3 is 6.09 Å². The van der Waals surface area contributed by atoms with Crippen molar-refractivity contribution in [2.75, 3.05) is 33.8 Å². The van der Waals surface area contributed by atoms with E-state index in [-0.39, 0.29) is 22.8 Å². The molecule has 1 aromatic heterocycles. The van der Waals surface area contributed by atoms with Gasteiger partial charge in [-0.15, -0.1) is 0 Å². The summed E-state index contributed by atoms with van der Waals surface area (Å²) >= 11 is 0. The number of hydrogen-bond donors (Lipinski definition) is 0. The highest BCUT2D eigenvalue weighted by Gasteiger charge is 2.50. The fourth-order valence-corrected chi connectivity index (χ4v) is 8.66. The molecule has 4 rings (SSSR count). The lowest BCUT2D eigenvalue weighted by Crippen LogP contribution is -2.52. The summed E-state index contributed by atoms with van der Waals surface area (Å²) in [5.74, 6) is 0.435. The number of amides is 1. The first-order valence-electron chi connectivity index (χ1n) is 17.5. The molecule has 1 spiro atoms. The Hall–Kier alpha value is -1.42. The maximum Gasteiger partial charge on any atom is 0.410 e. The largest absolute Gasteiger partial charge is 0.444 e. The third kappa shape index (κ3) is 8.89. The molecule has 1 aromatic rings. The Kier molecular flexibility index (Phi) is 11.4. The van der Waals surface area contributed by atoms with E-state index in [9.17, 15) is 4.79 Å². The van der Waals surface area contributed by atoms with Crippen molar-refractivity contribution < 1.29 is 18.7 Å². The number of likely N-dealkylation sites (N-methyl/N-ethyl adjacent to an activating group) is 2. The van der Waals surface area contributed by atoms with Crippen LogP contribution in [0.3, 0.4) is 0 Å². The summed E-state index contributed by atoms with van der Waals surface area (Å²) in [5, 5.41) is 5.56. The minimum atomic E-state index is -1.87. The zero-order chi connectivity index (χ0) is 32.3. The first-order chi connectivity index (χ1) is 20.5. The summed E-state index contributed by atoms with van der Waals surface area (Å²) in [5.41, 5.74) is 2.33. The molecule has 1 saturated heterocycles. The van der Waals surface area contributed by atoms with E-state index >= 15 is 0 Å². The highest BCUT2D eigenvalue weighted by Crippen LogP contribution is 2.55. The monoisotopic (exact) mass is 632 g/mol. The second-order valence-electron chi connectivity index (χ2n) is 16.7. The van der Waals surface area contributed by atoms with Crippen LogP contribution in [0.25, 0.3) is 0 Å². The summed E-state index contributed by atoms with van der Waals surface area (Å²) in [4.78, 5) is 16.5. The van der Waals surface area contributed by atoms with E-state index in [2.05, 4.69) is 56.7 Å². The molecule has 3 atom stereocenters. The molecule has 3 fully saturated rings. The van der Waals surface area contributed by atoms with Gasteiger partial charge in [0.05, 0.1) is 11.8 Å². The van der Waals surface area contributed by atoms with Gasteiger partial charge < -0.3 is 23.7 Å². The van der Waals surface area contributed by atoms with Crippen molar-refractivity contribution in [2.45, 2.75) is 161 Å². The van der Waals surface area contributed by atoms with E-state index in [1.165, 1.54) is 56.2 Å². The predicted molar refractivity (Wildman–Crippen MR) is 180 cm³/mol. The number of carbonyl (C=O) groups is 1.